The summed E-state index contributed by atoms with van der Waals surface area (Å²) in [6, 6.07) is 6.86. The quantitative estimate of drug-likeness (QED) is 0.224. The van der Waals surface area contributed by atoms with Gasteiger partial charge in [-0.2, -0.15) is 0 Å². The summed E-state index contributed by atoms with van der Waals surface area (Å²) in [5, 5.41) is 0. The number of aryl methyl sites for hydroxylation is 1. The summed E-state index contributed by atoms with van der Waals surface area (Å²) in [6.07, 6.45) is 24.3. The Morgan fingerprint density at radius 3 is 1.53 bits per heavy atom. The second kappa shape index (κ2) is 16.8. The maximum Gasteiger partial charge on any atom is 0.0407 e. The number of rotatable bonds is 19. The summed E-state index contributed by atoms with van der Waals surface area (Å²) in [7, 11) is 0. The second-order valence-corrected chi connectivity index (χ2v) is 9.51. The summed E-state index contributed by atoms with van der Waals surface area (Å²) in [6.45, 7) is 9.04. The van der Waals surface area contributed by atoms with Crippen LogP contribution in [0.15, 0.2) is 18.2 Å². The van der Waals surface area contributed by atoms with E-state index in [2.05, 4.69) is 45.9 Å². The molecule has 0 fully saturated rings. The van der Waals surface area contributed by atoms with Crippen molar-refractivity contribution in [3.63, 3.8) is 0 Å². The van der Waals surface area contributed by atoms with E-state index in [1.165, 1.54) is 107 Å². The standard InChI is InChI=1S/C29H53N/c1-5-9-10-11-12-13-14-15-16-17-18-19-20-21-23-26-24-22-25-28(27(26)6-2)29(30,7-3)8-4/h22,24-25H,5-21,23,30H2,1-4H3. The van der Waals surface area contributed by atoms with E-state index in [0.717, 1.165) is 19.3 Å². The van der Waals surface area contributed by atoms with Crippen LogP contribution in [0, 0.1) is 0 Å². The molecular weight excluding hydrogens is 362 g/mol. The van der Waals surface area contributed by atoms with Crippen molar-refractivity contribution in [2.45, 2.75) is 149 Å². The minimum Gasteiger partial charge on any atom is -0.321 e. The van der Waals surface area contributed by atoms with Crippen molar-refractivity contribution in [1.82, 2.24) is 0 Å². The van der Waals surface area contributed by atoms with Crippen molar-refractivity contribution in [3.8, 4) is 0 Å². The molecular formula is C29H53N. The van der Waals surface area contributed by atoms with Crippen molar-refractivity contribution in [3.05, 3.63) is 34.9 Å². The third-order valence-electron chi connectivity index (χ3n) is 7.22. The van der Waals surface area contributed by atoms with Crippen LogP contribution in [0.5, 0.6) is 0 Å². The van der Waals surface area contributed by atoms with Gasteiger partial charge in [-0.1, -0.05) is 129 Å². The van der Waals surface area contributed by atoms with Gasteiger partial charge in [-0.15, -0.1) is 0 Å². The molecule has 1 aromatic carbocycles. The molecule has 0 saturated carbocycles. The Balaban J connectivity index is 2.19. The highest BCUT2D eigenvalue weighted by Crippen LogP contribution is 2.31. The third-order valence-corrected chi connectivity index (χ3v) is 7.22. The molecule has 0 unspecified atom stereocenters. The van der Waals surface area contributed by atoms with Gasteiger partial charge in [-0.3, -0.25) is 0 Å². The molecule has 0 aromatic heterocycles. The van der Waals surface area contributed by atoms with Crippen LogP contribution in [-0.4, -0.2) is 0 Å². The van der Waals surface area contributed by atoms with Crippen LogP contribution in [-0.2, 0) is 18.4 Å². The van der Waals surface area contributed by atoms with Crippen molar-refractivity contribution < 1.29 is 0 Å². The molecule has 1 rings (SSSR count). The minimum atomic E-state index is -0.156. The van der Waals surface area contributed by atoms with Crippen LogP contribution in [0.1, 0.15) is 147 Å². The summed E-state index contributed by atoms with van der Waals surface area (Å²) >= 11 is 0. The molecule has 0 saturated heterocycles. The summed E-state index contributed by atoms with van der Waals surface area (Å²) in [5.74, 6) is 0. The molecule has 30 heavy (non-hydrogen) atoms. The number of nitrogens with two attached hydrogens (primary N) is 1. The van der Waals surface area contributed by atoms with E-state index in [0.29, 0.717) is 0 Å². The zero-order valence-electron chi connectivity index (χ0n) is 21.0. The Kier molecular flexibility index (Phi) is 15.3. The number of hydrogen-bond acceptors (Lipinski definition) is 1. The third kappa shape index (κ3) is 9.99. The average molecular weight is 416 g/mol. The zero-order chi connectivity index (χ0) is 22.1. The number of hydrogen-bond donors (Lipinski definition) is 1. The van der Waals surface area contributed by atoms with Gasteiger partial charge in [0, 0.05) is 5.54 Å². The lowest BCUT2D eigenvalue weighted by Crippen LogP contribution is -2.36. The first-order valence-electron chi connectivity index (χ1n) is 13.5. The molecule has 0 aliphatic rings. The summed E-state index contributed by atoms with van der Waals surface area (Å²) in [5.41, 5.74) is 11.1. The molecule has 2 N–H and O–H groups in total. The van der Waals surface area contributed by atoms with Gasteiger partial charge in [0.25, 0.3) is 0 Å². The van der Waals surface area contributed by atoms with Crippen LogP contribution in [0.4, 0.5) is 0 Å². The van der Waals surface area contributed by atoms with Gasteiger partial charge in [0.1, 0.15) is 0 Å². The average Bonchev–Trinajstić information content (AvgIpc) is 2.78. The van der Waals surface area contributed by atoms with Crippen molar-refractivity contribution in [2.75, 3.05) is 0 Å². The predicted molar refractivity (Wildman–Crippen MR) is 136 cm³/mol. The summed E-state index contributed by atoms with van der Waals surface area (Å²) < 4.78 is 0. The van der Waals surface area contributed by atoms with Gasteiger partial charge in [-0.05, 0) is 48.8 Å². The van der Waals surface area contributed by atoms with E-state index in [1.54, 1.807) is 5.56 Å². The topological polar surface area (TPSA) is 26.0 Å². The van der Waals surface area contributed by atoms with Crippen LogP contribution in [0.3, 0.4) is 0 Å². The minimum absolute atomic E-state index is 0.156. The van der Waals surface area contributed by atoms with Gasteiger partial charge in [-0.25, -0.2) is 0 Å². The molecule has 0 amide bonds. The fourth-order valence-electron chi connectivity index (χ4n) is 4.89. The highest BCUT2D eigenvalue weighted by Gasteiger charge is 2.26. The molecule has 0 heterocycles. The van der Waals surface area contributed by atoms with E-state index in [9.17, 15) is 0 Å². The first-order valence-corrected chi connectivity index (χ1v) is 13.5. The largest absolute Gasteiger partial charge is 0.321 e. The van der Waals surface area contributed by atoms with Crippen LogP contribution >= 0.6 is 0 Å². The molecule has 1 aromatic rings. The molecule has 1 heteroatoms. The number of benzene rings is 1. The highest BCUT2D eigenvalue weighted by molar-refractivity contribution is 5.40. The lowest BCUT2D eigenvalue weighted by atomic mass is 9.80. The molecule has 1 nitrogen and oxygen atoms in total. The molecule has 174 valence electrons. The summed E-state index contributed by atoms with van der Waals surface area (Å²) in [4.78, 5) is 0. The molecule has 0 atom stereocenters. The Morgan fingerprint density at radius 1 is 0.633 bits per heavy atom. The Morgan fingerprint density at radius 2 is 1.10 bits per heavy atom. The van der Waals surface area contributed by atoms with E-state index in [4.69, 9.17) is 5.73 Å². The first kappa shape index (κ1) is 27.2. The molecule has 0 spiro atoms. The Bertz CT molecular complexity index is 529. The zero-order valence-corrected chi connectivity index (χ0v) is 21.0. The maximum absolute atomic E-state index is 6.74. The number of unbranched alkanes of at least 4 members (excludes halogenated alkanes) is 13. The smallest absolute Gasteiger partial charge is 0.0407 e. The molecule has 0 radical (unpaired) electrons. The normalized spacial score (nSPS) is 11.9. The van der Waals surface area contributed by atoms with E-state index >= 15 is 0 Å². The lowest BCUT2D eigenvalue weighted by molar-refractivity contribution is 0.409. The highest BCUT2D eigenvalue weighted by atomic mass is 14.7. The van der Waals surface area contributed by atoms with Gasteiger partial charge in [0.15, 0.2) is 0 Å². The van der Waals surface area contributed by atoms with E-state index in [1.807, 2.05) is 0 Å². The van der Waals surface area contributed by atoms with Crippen molar-refractivity contribution in [1.29, 1.82) is 0 Å². The fraction of sp³-hybridized carbons (Fsp3) is 0.793. The van der Waals surface area contributed by atoms with Crippen LogP contribution in [0.25, 0.3) is 0 Å². The monoisotopic (exact) mass is 415 g/mol. The second-order valence-electron chi connectivity index (χ2n) is 9.51. The van der Waals surface area contributed by atoms with Gasteiger partial charge in [0.2, 0.25) is 0 Å². The molecule has 0 aliphatic heterocycles. The predicted octanol–water partition coefficient (Wildman–Crippen LogP) is 9.25. The van der Waals surface area contributed by atoms with Crippen molar-refractivity contribution >= 4 is 0 Å². The maximum atomic E-state index is 6.74. The van der Waals surface area contributed by atoms with Gasteiger partial charge < -0.3 is 5.73 Å². The van der Waals surface area contributed by atoms with Gasteiger partial charge in [0.05, 0.1) is 0 Å². The Hall–Kier alpha value is -0.820. The SMILES string of the molecule is CCCCCCCCCCCCCCCCc1cccc(C(N)(CC)CC)c1CC. The molecule has 0 bridgehead atoms. The van der Waals surface area contributed by atoms with Crippen molar-refractivity contribution in [2.24, 2.45) is 5.73 Å². The van der Waals surface area contributed by atoms with Crippen LogP contribution in [0.2, 0.25) is 0 Å². The molecule has 0 aliphatic carbocycles. The van der Waals surface area contributed by atoms with E-state index < -0.39 is 0 Å². The lowest BCUT2D eigenvalue weighted by Gasteiger charge is -2.31. The first-order chi connectivity index (χ1) is 14.6. The Labute approximate surface area is 189 Å². The van der Waals surface area contributed by atoms with Crippen LogP contribution < -0.4 is 5.73 Å². The van der Waals surface area contributed by atoms with Gasteiger partial charge >= 0.3 is 0 Å². The fourth-order valence-corrected chi connectivity index (χ4v) is 4.89. The van der Waals surface area contributed by atoms with E-state index in [-0.39, 0.29) is 5.54 Å².